The third kappa shape index (κ3) is 8.97. The van der Waals surface area contributed by atoms with Gasteiger partial charge in [-0.2, -0.15) is 0 Å². The molecule has 1 aromatic carbocycles. The standard InChI is InChI=1S/C19H23F2N3O4.C11H25NO/c1-6-7-9-10(18(27)28-8-25)17(26)11-14(22)12(20)15(23-5)13(21)16(11)24(9)19(2,3)4;1-5-7-9-12(6-2)10-8-11(3,4)13/h8,23H,6-7,22H2,1-5H3;13H,5-10H2,1-4H3. The maximum Gasteiger partial charge on any atom is 0.351 e. The van der Waals surface area contributed by atoms with E-state index in [4.69, 9.17) is 5.73 Å². The number of ether oxygens (including phenoxy) is 1. The highest BCUT2D eigenvalue weighted by Gasteiger charge is 2.32. The molecule has 9 nitrogen and oxygen atoms in total. The fourth-order valence-corrected chi connectivity index (χ4v) is 4.63. The fourth-order valence-electron chi connectivity index (χ4n) is 4.63. The van der Waals surface area contributed by atoms with E-state index in [0.717, 1.165) is 19.5 Å². The summed E-state index contributed by atoms with van der Waals surface area (Å²) in [7, 11) is 1.33. The van der Waals surface area contributed by atoms with Gasteiger partial charge in [0.05, 0.1) is 22.2 Å². The predicted octanol–water partition coefficient (Wildman–Crippen LogP) is 5.19. The minimum absolute atomic E-state index is 0.0995. The second-order valence-electron chi connectivity index (χ2n) is 11.6. The Kier molecular flexibility index (Phi) is 13.4. The molecule has 0 saturated carbocycles. The van der Waals surface area contributed by atoms with Crippen molar-refractivity contribution in [2.45, 2.75) is 98.6 Å². The summed E-state index contributed by atoms with van der Waals surface area (Å²) < 4.78 is 35.7. The number of carbonyl (C=O) groups is 2. The summed E-state index contributed by atoms with van der Waals surface area (Å²) in [6.45, 7) is 18.3. The van der Waals surface area contributed by atoms with E-state index in [9.17, 15) is 23.9 Å². The molecular weight excluding hydrogens is 534 g/mol. The number of benzene rings is 1. The van der Waals surface area contributed by atoms with Crippen molar-refractivity contribution in [1.82, 2.24) is 9.47 Å². The number of rotatable bonds is 12. The van der Waals surface area contributed by atoms with Gasteiger partial charge in [0.15, 0.2) is 11.6 Å². The van der Waals surface area contributed by atoms with E-state index in [1.807, 2.05) is 20.8 Å². The van der Waals surface area contributed by atoms with E-state index in [1.54, 1.807) is 20.8 Å². The summed E-state index contributed by atoms with van der Waals surface area (Å²) in [6.07, 6.45) is 4.11. The number of pyridine rings is 1. The zero-order chi connectivity index (χ0) is 31.7. The van der Waals surface area contributed by atoms with Crippen LogP contribution >= 0.6 is 0 Å². The first-order valence-electron chi connectivity index (χ1n) is 14.2. The van der Waals surface area contributed by atoms with Crippen molar-refractivity contribution in [2.24, 2.45) is 0 Å². The van der Waals surface area contributed by atoms with Gasteiger partial charge in [0.25, 0.3) is 0 Å². The normalized spacial score (nSPS) is 11.8. The zero-order valence-electron chi connectivity index (χ0n) is 26.0. The maximum absolute atomic E-state index is 15.3. The lowest BCUT2D eigenvalue weighted by Crippen LogP contribution is -2.34. The summed E-state index contributed by atoms with van der Waals surface area (Å²) >= 11 is 0. The number of aromatic nitrogens is 1. The van der Waals surface area contributed by atoms with Crippen molar-refractivity contribution >= 4 is 34.7 Å². The number of anilines is 2. The van der Waals surface area contributed by atoms with Crippen LogP contribution in [0.3, 0.4) is 0 Å². The first-order chi connectivity index (χ1) is 19.0. The van der Waals surface area contributed by atoms with Gasteiger partial charge < -0.3 is 30.4 Å². The van der Waals surface area contributed by atoms with Crippen molar-refractivity contribution in [2.75, 3.05) is 37.7 Å². The fraction of sp³-hybridized carbons (Fsp3) is 0.633. The molecule has 11 heteroatoms. The van der Waals surface area contributed by atoms with Crippen molar-refractivity contribution in [1.29, 1.82) is 0 Å². The molecule has 1 heterocycles. The van der Waals surface area contributed by atoms with E-state index in [1.165, 1.54) is 31.0 Å². The van der Waals surface area contributed by atoms with Crippen LogP contribution in [0.2, 0.25) is 0 Å². The summed E-state index contributed by atoms with van der Waals surface area (Å²) in [5, 5.41) is 11.5. The molecule has 232 valence electrons. The lowest BCUT2D eigenvalue weighted by atomic mass is 9.97. The number of unbranched alkanes of at least 4 members (excludes halogenated alkanes) is 1. The van der Waals surface area contributed by atoms with Gasteiger partial charge in [-0.3, -0.25) is 9.59 Å². The van der Waals surface area contributed by atoms with Crippen LogP contribution in [0.5, 0.6) is 0 Å². The first-order valence-corrected chi connectivity index (χ1v) is 14.2. The van der Waals surface area contributed by atoms with Crippen LogP contribution in [0.1, 0.15) is 97.1 Å². The molecule has 1 aromatic heterocycles. The molecule has 2 aromatic rings. The van der Waals surface area contributed by atoms with Crippen molar-refractivity contribution in [3.05, 3.63) is 33.1 Å². The molecule has 0 saturated heterocycles. The number of nitrogens with zero attached hydrogens (tertiary/aromatic N) is 2. The SMILES string of the molecule is CCCCN(CC)CCC(C)(C)O.CCCc1c(C(=O)OC=O)c(=O)c2c(N)c(F)c(NC)c(F)c2n1C(C)(C)C. The average molecular weight is 583 g/mol. The van der Waals surface area contributed by atoms with Crippen molar-refractivity contribution in [3.8, 4) is 0 Å². The summed E-state index contributed by atoms with van der Waals surface area (Å²) in [4.78, 5) is 38.5. The van der Waals surface area contributed by atoms with Crippen LogP contribution < -0.4 is 16.5 Å². The molecule has 0 radical (unpaired) electrons. The number of hydrogen-bond donors (Lipinski definition) is 3. The number of aliphatic hydroxyl groups is 1. The Balaban J connectivity index is 0.000000545. The monoisotopic (exact) mass is 582 g/mol. The van der Waals surface area contributed by atoms with Crippen LogP contribution in [0.15, 0.2) is 4.79 Å². The van der Waals surface area contributed by atoms with E-state index in [2.05, 4.69) is 28.8 Å². The number of esters is 1. The number of nitrogens with two attached hydrogens (primary N) is 1. The number of carbonyl (C=O) groups excluding carboxylic acids is 2. The minimum Gasteiger partial charge on any atom is -0.396 e. The molecule has 0 aliphatic heterocycles. The number of fused-ring (bicyclic) bond motifs is 1. The summed E-state index contributed by atoms with van der Waals surface area (Å²) in [5.74, 6) is -3.33. The number of hydrogen-bond acceptors (Lipinski definition) is 8. The Labute approximate surface area is 242 Å². The van der Waals surface area contributed by atoms with E-state index < -0.39 is 56.5 Å². The molecular formula is C30H48F2N4O5. The molecule has 0 spiro atoms. The van der Waals surface area contributed by atoms with Crippen LogP contribution in [0, 0.1) is 11.6 Å². The van der Waals surface area contributed by atoms with Gasteiger partial charge in [0.1, 0.15) is 11.3 Å². The van der Waals surface area contributed by atoms with Crippen LogP contribution in [0.25, 0.3) is 10.9 Å². The van der Waals surface area contributed by atoms with Gasteiger partial charge in [-0.05, 0) is 67.0 Å². The highest BCUT2D eigenvalue weighted by Crippen LogP contribution is 2.36. The number of nitrogens with one attached hydrogen (secondary N) is 1. The topological polar surface area (TPSA) is 127 Å². The molecule has 0 amide bonds. The average Bonchev–Trinajstić information content (AvgIpc) is 2.87. The Bertz CT molecular complexity index is 1260. The molecule has 0 atom stereocenters. The lowest BCUT2D eigenvalue weighted by Gasteiger charge is -2.31. The Hall–Kier alpha value is -3.05. The maximum atomic E-state index is 15.3. The first kappa shape index (κ1) is 36.0. The van der Waals surface area contributed by atoms with Gasteiger partial charge in [-0.25, -0.2) is 13.6 Å². The molecule has 4 N–H and O–H groups in total. The van der Waals surface area contributed by atoms with E-state index >= 15 is 4.39 Å². The minimum atomic E-state index is -1.19. The van der Waals surface area contributed by atoms with Crippen molar-refractivity contribution in [3.63, 3.8) is 0 Å². The quantitative estimate of drug-likeness (QED) is 0.135. The number of nitrogen functional groups attached to an aromatic ring is 1. The third-order valence-electron chi connectivity index (χ3n) is 6.71. The van der Waals surface area contributed by atoms with Gasteiger partial charge in [-0.1, -0.05) is 33.6 Å². The third-order valence-corrected chi connectivity index (χ3v) is 6.71. The van der Waals surface area contributed by atoms with Crippen LogP contribution in [-0.4, -0.2) is 59.3 Å². The molecule has 41 heavy (non-hydrogen) atoms. The molecule has 0 bridgehead atoms. The highest BCUT2D eigenvalue weighted by molar-refractivity contribution is 6.02. The Morgan fingerprint density at radius 2 is 1.71 bits per heavy atom. The van der Waals surface area contributed by atoms with Gasteiger partial charge in [0, 0.05) is 24.8 Å². The highest BCUT2D eigenvalue weighted by atomic mass is 19.1. The van der Waals surface area contributed by atoms with E-state index in [-0.39, 0.29) is 24.1 Å². The number of halogens is 2. The van der Waals surface area contributed by atoms with Gasteiger partial charge >= 0.3 is 12.4 Å². The molecule has 0 aliphatic rings. The lowest BCUT2D eigenvalue weighted by molar-refractivity contribution is -0.123. The Morgan fingerprint density at radius 3 is 2.15 bits per heavy atom. The van der Waals surface area contributed by atoms with Crippen LogP contribution in [-0.2, 0) is 21.5 Å². The molecule has 2 rings (SSSR count). The summed E-state index contributed by atoms with van der Waals surface area (Å²) in [5.41, 5.74) is 1.96. The van der Waals surface area contributed by atoms with E-state index in [0.29, 0.717) is 6.42 Å². The zero-order valence-corrected chi connectivity index (χ0v) is 26.0. The smallest absolute Gasteiger partial charge is 0.351 e. The Morgan fingerprint density at radius 1 is 1.10 bits per heavy atom. The molecule has 0 aliphatic carbocycles. The van der Waals surface area contributed by atoms with Crippen molar-refractivity contribution < 1.29 is 28.2 Å². The molecule has 0 fully saturated rings. The second kappa shape index (κ2) is 15.3. The van der Waals surface area contributed by atoms with Gasteiger partial charge in [-0.15, -0.1) is 0 Å². The van der Waals surface area contributed by atoms with Gasteiger partial charge in [0.2, 0.25) is 5.43 Å². The largest absolute Gasteiger partial charge is 0.396 e. The predicted molar refractivity (Wildman–Crippen MR) is 160 cm³/mol. The summed E-state index contributed by atoms with van der Waals surface area (Å²) in [6, 6.07) is 0. The second-order valence-corrected chi connectivity index (χ2v) is 11.6. The molecule has 0 unspecified atom stereocenters. The van der Waals surface area contributed by atoms with Crippen LogP contribution in [0.4, 0.5) is 20.2 Å².